The molecular weight excluding hydrogens is 272 g/mol. The van der Waals surface area contributed by atoms with E-state index in [9.17, 15) is 9.59 Å². The first-order valence-corrected chi connectivity index (χ1v) is 7.99. The molecule has 1 aliphatic rings. The van der Waals surface area contributed by atoms with E-state index in [4.69, 9.17) is 0 Å². The van der Waals surface area contributed by atoms with E-state index in [-0.39, 0.29) is 24.4 Å². The van der Waals surface area contributed by atoms with Crippen molar-refractivity contribution < 1.29 is 9.59 Å². The molecule has 0 saturated carbocycles. The highest BCUT2D eigenvalue weighted by molar-refractivity contribution is 8.00. The van der Waals surface area contributed by atoms with E-state index in [1.165, 1.54) is 5.56 Å². The fourth-order valence-corrected chi connectivity index (χ4v) is 3.03. The molecule has 108 valence electrons. The van der Waals surface area contributed by atoms with Gasteiger partial charge in [-0.1, -0.05) is 31.2 Å². The molecule has 1 N–H and O–H groups in total. The van der Waals surface area contributed by atoms with Gasteiger partial charge in [0.1, 0.15) is 6.54 Å². The highest BCUT2D eigenvalue weighted by Crippen LogP contribution is 2.16. The number of thioether (sulfide) groups is 1. The van der Waals surface area contributed by atoms with Crippen molar-refractivity contribution in [2.45, 2.75) is 26.3 Å². The Bertz CT molecular complexity index is 487. The van der Waals surface area contributed by atoms with Crippen molar-refractivity contribution in [3.8, 4) is 0 Å². The van der Waals surface area contributed by atoms with Gasteiger partial charge in [-0.05, 0) is 24.5 Å². The van der Waals surface area contributed by atoms with E-state index in [0.29, 0.717) is 11.6 Å². The summed E-state index contributed by atoms with van der Waals surface area (Å²) in [6.45, 7) is 4.23. The van der Waals surface area contributed by atoms with Crippen molar-refractivity contribution in [3.63, 3.8) is 0 Å². The molecule has 1 fully saturated rings. The average Bonchev–Trinajstić information content (AvgIpc) is 2.84. The predicted molar refractivity (Wildman–Crippen MR) is 81.4 cm³/mol. The lowest BCUT2D eigenvalue weighted by Gasteiger charge is -2.18. The largest absolute Gasteiger partial charge is 0.348 e. The maximum atomic E-state index is 11.9. The molecule has 1 aromatic rings. The van der Waals surface area contributed by atoms with E-state index in [1.54, 1.807) is 16.7 Å². The van der Waals surface area contributed by atoms with Gasteiger partial charge in [0.25, 0.3) is 0 Å². The van der Waals surface area contributed by atoms with Gasteiger partial charge in [0.05, 0.1) is 17.7 Å². The maximum absolute atomic E-state index is 11.9. The minimum Gasteiger partial charge on any atom is -0.348 e. The minimum atomic E-state index is -0.104. The normalized spacial score (nSPS) is 16.3. The lowest BCUT2D eigenvalue weighted by atomic mass is 10.1. The number of hydrogen-bond donors (Lipinski definition) is 1. The molecule has 2 amide bonds. The Kier molecular flexibility index (Phi) is 5.06. The van der Waals surface area contributed by atoms with Crippen LogP contribution < -0.4 is 5.32 Å². The summed E-state index contributed by atoms with van der Waals surface area (Å²) in [5.74, 6) is 1.05. The fourth-order valence-electron chi connectivity index (χ4n) is 2.13. The fraction of sp³-hybridized carbons (Fsp3) is 0.467. The Labute approximate surface area is 123 Å². The number of carbonyl (C=O) groups is 2. The second-order valence-electron chi connectivity index (χ2n) is 4.95. The van der Waals surface area contributed by atoms with E-state index >= 15 is 0 Å². The molecule has 1 heterocycles. The van der Waals surface area contributed by atoms with Gasteiger partial charge in [0, 0.05) is 0 Å². The smallest absolute Gasteiger partial charge is 0.240 e. The zero-order valence-corrected chi connectivity index (χ0v) is 12.7. The van der Waals surface area contributed by atoms with Crippen LogP contribution in [0.5, 0.6) is 0 Å². The summed E-state index contributed by atoms with van der Waals surface area (Å²) < 4.78 is 0. The first kappa shape index (κ1) is 14.9. The van der Waals surface area contributed by atoms with E-state index < -0.39 is 0 Å². The molecule has 0 radical (unpaired) electrons. The van der Waals surface area contributed by atoms with Crippen LogP contribution in [0.3, 0.4) is 0 Å². The Hall–Kier alpha value is -1.49. The first-order chi connectivity index (χ1) is 9.60. The molecule has 4 nitrogen and oxygen atoms in total. The molecule has 20 heavy (non-hydrogen) atoms. The van der Waals surface area contributed by atoms with Gasteiger partial charge in [-0.3, -0.25) is 9.59 Å². The Balaban J connectivity index is 1.87. The van der Waals surface area contributed by atoms with Crippen LogP contribution in [0.4, 0.5) is 0 Å². The van der Waals surface area contributed by atoms with Crippen LogP contribution in [-0.2, 0) is 16.0 Å². The highest BCUT2D eigenvalue weighted by atomic mass is 32.2. The Morgan fingerprint density at radius 2 is 2.10 bits per heavy atom. The molecule has 1 saturated heterocycles. The molecule has 0 unspecified atom stereocenters. The number of carbonyl (C=O) groups excluding carboxylic acids is 2. The molecule has 0 aromatic heterocycles. The third-order valence-electron chi connectivity index (χ3n) is 3.43. The number of nitrogens with one attached hydrogen (secondary N) is 1. The Morgan fingerprint density at radius 3 is 2.65 bits per heavy atom. The Morgan fingerprint density at radius 1 is 1.40 bits per heavy atom. The van der Waals surface area contributed by atoms with E-state index in [1.807, 2.05) is 19.1 Å². The molecule has 0 aliphatic carbocycles. The maximum Gasteiger partial charge on any atom is 0.240 e. The number of aryl methyl sites for hydroxylation is 1. The molecular formula is C15H20N2O2S. The number of rotatable bonds is 5. The summed E-state index contributed by atoms with van der Waals surface area (Å²) in [6, 6.07) is 8.21. The molecule has 1 aliphatic heterocycles. The van der Waals surface area contributed by atoms with Crippen LogP contribution in [0.1, 0.15) is 31.0 Å². The summed E-state index contributed by atoms with van der Waals surface area (Å²) in [4.78, 5) is 25.0. The quantitative estimate of drug-likeness (QED) is 0.902. The van der Waals surface area contributed by atoms with Crippen LogP contribution in [0.15, 0.2) is 24.3 Å². The molecule has 0 bridgehead atoms. The predicted octanol–water partition coefficient (Wildman–Crippen LogP) is 1.96. The SMILES string of the molecule is CCc1ccc([C@@H](C)NC(=O)CN2CSCC2=O)cc1. The van der Waals surface area contributed by atoms with E-state index in [0.717, 1.165) is 12.0 Å². The zero-order valence-electron chi connectivity index (χ0n) is 11.9. The van der Waals surface area contributed by atoms with Gasteiger partial charge < -0.3 is 10.2 Å². The molecule has 2 rings (SSSR count). The van der Waals surface area contributed by atoms with Crippen molar-refractivity contribution in [3.05, 3.63) is 35.4 Å². The standard InChI is InChI=1S/C15H20N2O2S/c1-3-12-4-6-13(7-5-12)11(2)16-14(18)8-17-10-20-9-15(17)19/h4-7,11H,3,8-10H2,1-2H3,(H,16,18)/t11-/m1/s1. The van der Waals surface area contributed by atoms with E-state index in [2.05, 4.69) is 24.4 Å². The number of nitrogens with zero attached hydrogens (tertiary/aromatic N) is 1. The monoisotopic (exact) mass is 292 g/mol. The number of amides is 2. The molecule has 0 spiro atoms. The number of benzene rings is 1. The van der Waals surface area contributed by atoms with Crippen LogP contribution >= 0.6 is 11.8 Å². The van der Waals surface area contributed by atoms with Gasteiger partial charge in [0.15, 0.2) is 0 Å². The van der Waals surface area contributed by atoms with Crippen molar-refractivity contribution in [1.82, 2.24) is 10.2 Å². The van der Waals surface area contributed by atoms with Gasteiger partial charge in [0.2, 0.25) is 11.8 Å². The van der Waals surface area contributed by atoms with Crippen LogP contribution in [0, 0.1) is 0 Å². The van der Waals surface area contributed by atoms with Crippen LogP contribution in [0.25, 0.3) is 0 Å². The summed E-state index contributed by atoms with van der Waals surface area (Å²) in [7, 11) is 0. The van der Waals surface area contributed by atoms with Gasteiger partial charge in [-0.2, -0.15) is 0 Å². The van der Waals surface area contributed by atoms with Gasteiger partial charge in [-0.25, -0.2) is 0 Å². The number of hydrogen-bond acceptors (Lipinski definition) is 3. The average molecular weight is 292 g/mol. The molecule has 5 heteroatoms. The zero-order chi connectivity index (χ0) is 14.5. The van der Waals surface area contributed by atoms with Crippen molar-refractivity contribution >= 4 is 23.6 Å². The third kappa shape index (κ3) is 3.76. The topological polar surface area (TPSA) is 49.4 Å². The second-order valence-corrected chi connectivity index (χ2v) is 5.91. The minimum absolute atomic E-state index is 0.0428. The van der Waals surface area contributed by atoms with Crippen molar-refractivity contribution in [2.75, 3.05) is 18.2 Å². The molecule has 1 aromatic carbocycles. The third-order valence-corrected chi connectivity index (χ3v) is 4.37. The summed E-state index contributed by atoms with van der Waals surface area (Å²) in [5, 5.41) is 2.94. The van der Waals surface area contributed by atoms with Gasteiger partial charge >= 0.3 is 0 Å². The van der Waals surface area contributed by atoms with Crippen LogP contribution in [-0.4, -0.2) is 34.9 Å². The van der Waals surface area contributed by atoms with Crippen molar-refractivity contribution in [2.24, 2.45) is 0 Å². The summed E-state index contributed by atoms with van der Waals surface area (Å²) in [6.07, 6.45) is 1.01. The first-order valence-electron chi connectivity index (χ1n) is 6.84. The van der Waals surface area contributed by atoms with Crippen LogP contribution in [0.2, 0.25) is 0 Å². The summed E-state index contributed by atoms with van der Waals surface area (Å²) >= 11 is 1.55. The van der Waals surface area contributed by atoms with Crippen molar-refractivity contribution in [1.29, 1.82) is 0 Å². The van der Waals surface area contributed by atoms with Gasteiger partial charge in [-0.15, -0.1) is 11.8 Å². The summed E-state index contributed by atoms with van der Waals surface area (Å²) in [5.41, 5.74) is 2.37. The second kappa shape index (κ2) is 6.79. The molecule has 1 atom stereocenters. The lowest BCUT2D eigenvalue weighted by Crippen LogP contribution is -2.39. The lowest BCUT2D eigenvalue weighted by molar-refractivity contribution is -0.132. The highest BCUT2D eigenvalue weighted by Gasteiger charge is 2.23.